The smallest absolute Gasteiger partial charge is 0.324 e. The fraction of sp³-hybridized carbons (Fsp3) is 0.353. The van der Waals surface area contributed by atoms with E-state index in [4.69, 9.17) is 11.6 Å². The zero-order chi connectivity index (χ0) is 19.1. The van der Waals surface area contributed by atoms with Crippen molar-refractivity contribution >= 4 is 23.2 Å². The minimum Gasteiger partial charge on any atom is -0.324 e. The first-order chi connectivity index (χ1) is 12.2. The van der Waals surface area contributed by atoms with Gasteiger partial charge in [-0.05, 0) is 44.0 Å². The molecule has 1 unspecified atom stereocenters. The number of amides is 1. The van der Waals surface area contributed by atoms with E-state index in [2.05, 4.69) is 10.4 Å². The molecule has 1 N–H and O–H groups in total. The van der Waals surface area contributed by atoms with Crippen molar-refractivity contribution in [2.45, 2.75) is 37.9 Å². The Hall–Kier alpha value is -2.35. The third-order valence-electron chi connectivity index (χ3n) is 4.13. The summed E-state index contributed by atoms with van der Waals surface area (Å²) in [5, 5.41) is 6.30. The van der Waals surface area contributed by atoms with E-state index >= 15 is 0 Å². The molecule has 1 fully saturated rings. The second-order valence-corrected chi connectivity index (χ2v) is 6.60. The first kappa shape index (κ1) is 18.4. The van der Waals surface area contributed by atoms with Gasteiger partial charge in [0.2, 0.25) is 5.91 Å². The third kappa shape index (κ3) is 3.90. The van der Waals surface area contributed by atoms with Crippen LogP contribution in [0.15, 0.2) is 35.1 Å². The molecule has 1 aromatic carbocycles. The maximum atomic E-state index is 13.1. The van der Waals surface area contributed by atoms with Crippen LogP contribution in [-0.4, -0.2) is 15.7 Å². The van der Waals surface area contributed by atoms with Crippen LogP contribution in [0.1, 0.15) is 43.0 Å². The molecule has 9 heteroatoms. The van der Waals surface area contributed by atoms with Crippen molar-refractivity contribution in [2.75, 3.05) is 5.32 Å². The molecule has 0 saturated heterocycles. The van der Waals surface area contributed by atoms with Gasteiger partial charge in [0.15, 0.2) is 0 Å². The molecule has 1 atom stereocenters. The van der Waals surface area contributed by atoms with Crippen molar-refractivity contribution in [2.24, 2.45) is 0 Å². The molecule has 0 aliphatic heterocycles. The summed E-state index contributed by atoms with van der Waals surface area (Å²) in [6.07, 6.45) is -2.76. The van der Waals surface area contributed by atoms with E-state index in [0.717, 1.165) is 29.7 Å². The van der Waals surface area contributed by atoms with Crippen LogP contribution in [-0.2, 0) is 11.0 Å². The highest BCUT2D eigenvalue weighted by Gasteiger charge is 2.35. The number of benzene rings is 1. The molecule has 26 heavy (non-hydrogen) atoms. The highest BCUT2D eigenvalue weighted by molar-refractivity contribution is 6.30. The van der Waals surface area contributed by atoms with E-state index < -0.39 is 34.9 Å². The molecular formula is C17H15ClF3N3O2. The Bertz CT molecular complexity index is 907. The summed E-state index contributed by atoms with van der Waals surface area (Å²) in [7, 11) is 0. The van der Waals surface area contributed by atoms with Gasteiger partial charge in [0.25, 0.3) is 5.56 Å². The van der Waals surface area contributed by atoms with Gasteiger partial charge >= 0.3 is 6.18 Å². The molecule has 1 aliphatic rings. The van der Waals surface area contributed by atoms with Gasteiger partial charge in [0.1, 0.15) is 6.04 Å². The lowest BCUT2D eigenvalue weighted by Gasteiger charge is -2.18. The molecule has 1 saturated carbocycles. The van der Waals surface area contributed by atoms with Gasteiger partial charge in [0.05, 0.1) is 16.9 Å². The summed E-state index contributed by atoms with van der Waals surface area (Å²) in [5.41, 5.74) is -1.28. The summed E-state index contributed by atoms with van der Waals surface area (Å²) in [6, 6.07) is 4.91. The first-order valence-electron chi connectivity index (χ1n) is 7.94. The zero-order valence-electron chi connectivity index (χ0n) is 13.7. The molecule has 1 aliphatic carbocycles. The number of nitrogens with one attached hydrogen (secondary N) is 1. The Morgan fingerprint density at radius 1 is 1.31 bits per heavy atom. The van der Waals surface area contributed by atoms with Crippen molar-refractivity contribution < 1.29 is 18.0 Å². The van der Waals surface area contributed by atoms with Gasteiger partial charge < -0.3 is 5.32 Å². The number of carbonyl (C=O) groups is 1. The standard InChI is InChI=1S/C17H15ClF3N3O2/c1-9(24-15(25)7-6-13(23-24)10-2-3-10)16(26)22-14-5-4-11(18)8-12(14)17(19,20)21/h4-10H,2-3H2,1H3,(H,22,26). The quantitative estimate of drug-likeness (QED) is 0.865. The lowest BCUT2D eigenvalue weighted by Crippen LogP contribution is -2.34. The average Bonchev–Trinajstić information content (AvgIpc) is 3.40. The Labute approximate surface area is 151 Å². The summed E-state index contributed by atoms with van der Waals surface area (Å²) in [5.74, 6) is -0.509. The number of rotatable bonds is 4. The van der Waals surface area contributed by atoms with Crippen LogP contribution >= 0.6 is 11.6 Å². The predicted octanol–water partition coefficient (Wildman–Crippen LogP) is 3.99. The van der Waals surface area contributed by atoms with E-state index in [-0.39, 0.29) is 10.9 Å². The number of halogens is 4. The van der Waals surface area contributed by atoms with Gasteiger partial charge in [-0.1, -0.05) is 11.6 Å². The van der Waals surface area contributed by atoms with Crippen LogP contribution in [0.25, 0.3) is 0 Å². The molecule has 0 bridgehead atoms. The second kappa shape index (κ2) is 6.75. The van der Waals surface area contributed by atoms with E-state index in [1.54, 1.807) is 6.07 Å². The number of anilines is 1. The van der Waals surface area contributed by atoms with E-state index in [1.807, 2.05) is 0 Å². The predicted molar refractivity (Wildman–Crippen MR) is 90.3 cm³/mol. The Morgan fingerprint density at radius 3 is 2.62 bits per heavy atom. The fourth-order valence-electron chi connectivity index (χ4n) is 2.52. The van der Waals surface area contributed by atoms with Crippen LogP contribution in [0, 0.1) is 0 Å². The molecular weight excluding hydrogens is 371 g/mol. The molecule has 138 valence electrons. The van der Waals surface area contributed by atoms with Gasteiger partial charge in [-0.25, -0.2) is 4.68 Å². The first-order valence-corrected chi connectivity index (χ1v) is 8.32. The number of hydrogen-bond donors (Lipinski definition) is 1. The van der Waals surface area contributed by atoms with Crippen LogP contribution in [0.2, 0.25) is 5.02 Å². The number of carbonyl (C=O) groups excluding carboxylic acids is 1. The molecule has 1 amide bonds. The normalized spacial score (nSPS) is 15.6. The third-order valence-corrected chi connectivity index (χ3v) is 4.37. The number of hydrogen-bond acceptors (Lipinski definition) is 3. The molecule has 1 heterocycles. The molecule has 2 aromatic rings. The van der Waals surface area contributed by atoms with Gasteiger partial charge in [-0.2, -0.15) is 18.3 Å². The topological polar surface area (TPSA) is 64.0 Å². The minimum absolute atomic E-state index is 0.0987. The van der Waals surface area contributed by atoms with Gasteiger partial charge in [0, 0.05) is 17.0 Å². The largest absolute Gasteiger partial charge is 0.418 e. The van der Waals surface area contributed by atoms with Crippen molar-refractivity contribution in [3.8, 4) is 0 Å². The van der Waals surface area contributed by atoms with Gasteiger partial charge in [-0.15, -0.1) is 0 Å². The van der Waals surface area contributed by atoms with E-state index in [0.29, 0.717) is 5.69 Å². The van der Waals surface area contributed by atoms with Crippen LogP contribution in [0.4, 0.5) is 18.9 Å². The molecule has 1 aromatic heterocycles. The highest BCUT2D eigenvalue weighted by Crippen LogP contribution is 2.38. The Balaban J connectivity index is 1.87. The number of alkyl halides is 3. The molecule has 0 radical (unpaired) electrons. The van der Waals surface area contributed by atoms with Crippen molar-refractivity contribution in [3.05, 3.63) is 57.0 Å². The Morgan fingerprint density at radius 2 is 2.00 bits per heavy atom. The summed E-state index contributed by atoms with van der Waals surface area (Å²) in [6.45, 7) is 1.41. The second-order valence-electron chi connectivity index (χ2n) is 6.17. The molecule has 3 rings (SSSR count). The fourth-order valence-corrected chi connectivity index (χ4v) is 2.69. The monoisotopic (exact) mass is 385 g/mol. The average molecular weight is 386 g/mol. The van der Waals surface area contributed by atoms with Crippen LogP contribution < -0.4 is 10.9 Å². The maximum Gasteiger partial charge on any atom is 0.418 e. The Kier molecular flexibility index (Phi) is 4.79. The summed E-state index contributed by atoms with van der Waals surface area (Å²) >= 11 is 5.62. The SMILES string of the molecule is CC(C(=O)Nc1ccc(Cl)cc1C(F)(F)F)n1nc(C2CC2)ccc1=O. The number of aromatic nitrogens is 2. The molecule has 0 spiro atoms. The van der Waals surface area contributed by atoms with E-state index in [1.165, 1.54) is 19.1 Å². The minimum atomic E-state index is -4.68. The van der Waals surface area contributed by atoms with Crippen LogP contribution in [0.3, 0.4) is 0 Å². The highest BCUT2D eigenvalue weighted by atomic mass is 35.5. The zero-order valence-corrected chi connectivity index (χ0v) is 14.4. The maximum absolute atomic E-state index is 13.1. The lowest BCUT2D eigenvalue weighted by atomic mass is 10.1. The summed E-state index contributed by atoms with van der Waals surface area (Å²) in [4.78, 5) is 24.4. The number of nitrogens with zero attached hydrogens (tertiary/aromatic N) is 2. The van der Waals surface area contributed by atoms with Crippen molar-refractivity contribution in [1.82, 2.24) is 9.78 Å². The lowest BCUT2D eigenvalue weighted by molar-refractivity contribution is -0.137. The summed E-state index contributed by atoms with van der Waals surface area (Å²) < 4.78 is 40.4. The molecule has 5 nitrogen and oxygen atoms in total. The van der Waals surface area contributed by atoms with Gasteiger partial charge in [-0.3, -0.25) is 9.59 Å². The van der Waals surface area contributed by atoms with Crippen molar-refractivity contribution in [3.63, 3.8) is 0 Å². The van der Waals surface area contributed by atoms with Crippen molar-refractivity contribution in [1.29, 1.82) is 0 Å². The van der Waals surface area contributed by atoms with Crippen LogP contribution in [0.5, 0.6) is 0 Å². The van der Waals surface area contributed by atoms with E-state index in [9.17, 15) is 22.8 Å².